The summed E-state index contributed by atoms with van der Waals surface area (Å²) in [4.78, 5) is 7.36. The van der Waals surface area contributed by atoms with E-state index < -0.39 is 10.0 Å². The molecule has 0 bridgehead atoms. The first-order valence-corrected chi connectivity index (χ1v) is 12.2. The van der Waals surface area contributed by atoms with Crippen LogP contribution in [-0.2, 0) is 16.6 Å². The molecule has 1 aromatic rings. The molecule has 6 nitrogen and oxygen atoms in total. The molecule has 1 aliphatic heterocycles. The minimum absolute atomic E-state index is 0. The van der Waals surface area contributed by atoms with Crippen molar-refractivity contribution in [1.82, 2.24) is 10.2 Å². The Bertz CT molecular complexity index is 757. The molecule has 3 N–H and O–H groups in total. The van der Waals surface area contributed by atoms with Crippen molar-refractivity contribution in [3.63, 3.8) is 0 Å². The minimum Gasteiger partial charge on any atom is -0.357 e. The van der Waals surface area contributed by atoms with Crippen molar-refractivity contribution in [2.75, 3.05) is 25.4 Å². The zero-order valence-electron chi connectivity index (χ0n) is 16.4. The van der Waals surface area contributed by atoms with Gasteiger partial charge in [0.25, 0.3) is 0 Å². The number of nitrogens with one attached hydrogen (secondary N) is 1. The Hall–Kier alpha value is -0.520. The average Bonchev–Trinajstić information content (AvgIpc) is 2.65. The smallest absolute Gasteiger partial charge is 0.238 e. The predicted octanol–water partition coefficient (Wildman–Crippen LogP) is 3.17. The molecule has 1 aliphatic carbocycles. The predicted molar refractivity (Wildman–Crippen MR) is 128 cm³/mol. The lowest BCUT2D eigenvalue weighted by Crippen LogP contribution is -2.53. The number of halogens is 1. The zero-order chi connectivity index (χ0) is 19.3. The van der Waals surface area contributed by atoms with Crippen molar-refractivity contribution in [2.45, 2.75) is 55.2 Å². The molecule has 0 amide bonds. The maximum Gasteiger partial charge on any atom is 0.238 e. The Morgan fingerprint density at radius 2 is 1.93 bits per heavy atom. The van der Waals surface area contributed by atoms with E-state index in [2.05, 4.69) is 28.9 Å². The topological polar surface area (TPSA) is 87.8 Å². The molecule has 1 heterocycles. The molecule has 1 aromatic carbocycles. The first-order chi connectivity index (χ1) is 12.9. The standard InChI is InChI=1S/C19H30N4O2S2.HI/c1-2-21-18(22-14-16-6-8-17(9-7-16)27(20,24)25)23-12-13-26-19(15-23)10-4-3-5-11-19;/h6-9H,2-5,10-15H2,1H3,(H,21,22)(H2,20,24,25);1H. The summed E-state index contributed by atoms with van der Waals surface area (Å²) in [6.45, 7) is 5.52. The molecule has 28 heavy (non-hydrogen) atoms. The van der Waals surface area contributed by atoms with E-state index in [4.69, 9.17) is 10.1 Å². The fourth-order valence-corrected chi connectivity index (χ4v) is 5.99. The van der Waals surface area contributed by atoms with Gasteiger partial charge in [0.15, 0.2) is 5.96 Å². The fourth-order valence-electron chi connectivity index (χ4n) is 3.90. The average molecular weight is 539 g/mol. The fraction of sp³-hybridized carbons (Fsp3) is 0.632. The Morgan fingerprint density at radius 3 is 2.54 bits per heavy atom. The van der Waals surface area contributed by atoms with Crippen LogP contribution in [0.5, 0.6) is 0 Å². The SMILES string of the molecule is CCNC(=NCc1ccc(S(N)(=O)=O)cc1)N1CCSC2(CCCCC2)C1.I. The Kier molecular flexibility index (Phi) is 8.90. The van der Waals surface area contributed by atoms with Crippen LogP contribution in [0.4, 0.5) is 0 Å². The number of aliphatic imine (C=N–C) groups is 1. The molecule has 2 fully saturated rings. The number of hydrogen-bond acceptors (Lipinski definition) is 4. The number of primary sulfonamides is 1. The Balaban J connectivity index is 0.00000280. The van der Waals surface area contributed by atoms with E-state index in [0.29, 0.717) is 11.3 Å². The molecule has 1 spiro atoms. The van der Waals surface area contributed by atoms with Crippen LogP contribution in [0.2, 0.25) is 0 Å². The van der Waals surface area contributed by atoms with Gasteiger partial charge in [-0.1, -0.05) is 31.4 Å². The second kappa shape index (κ2) is 10.5. The monoisotopic (exact) mass is 538 g/mol. The maximum absolute atomic E-state index is 11.4. The van der Waals surface area contributed by atoms with E-state index in [1.165, 1.54) is 32.1 Å². The number of sulfonamides is 1. The van der Waals surface area contributed by atoms with Crippen molar-refractivity contribution in [2.24, 2.45) is 10.1 Å². The molecular formula is C19H31IN4O2S2. The summed E-state index contributed by atoms with van der Waals surface area (Å²) in [5, 5.41) is 8.59. The van der Waals surface area contributed by atoms with Gasteiger partial charge in [-0.15, -0.1) is 24.0 Å². The number of rotatable bonds is 4. The summed E-state index contributed by atoms with van der Waals surface area (Å²) in [6, 6.07) is 6.65. The summed E-state index contributed by atoms with van der Waals surface area (Å²) in [6.07, 6.45) is 6.66. The number of thioether (sulfide) groups is 1. The molecule has 0 radical (unpaired) electrons. The van der Waals surface area contributed by atoms with Crippen LogP contribution >= 0.6 is 35.7 Å². The van der Waals surface area contributed by atoms with Gasteiger partial charge in [-0.2, -0.15) is 11.8 Å². The second-order valence-corrected chi connectivity index (χ2v) is 10.5. The molecule has 0 atom stereocenters. The lowest BCUT2D eigenvalue weighted by molar-refractivity contribution is 0.293. The maximum atomic E-state index is 11.4. The normalized spacial score (nSPS) is 19.9. The van der Waals surface area contributed by atoms with Gasteiger partial charge in [-0.05, 0) is 37.5 Å². The van der Waals surface area contributed by atoms with Crippen molar-refractivity contribution in [3.05, 3.63) is 29.8 Å². The van der Waals surface area contributed by atoms with Gasteiger partial charge in [-0.25, -0.2) is 18.5 Å². The van der Waals surface area contributed by atoms with Gasteiger partial charge in [0.2, 0.25) is 10.0 Å². The van der Waals surface area contributed by atoms with Gasteiger partial charge >= 0.3 is 0 Å². The van der Waals surface area contributed by atoms with E-state index in [-0.39, 0.29) is 28.9 Å². The van der Waals surface area contributed by atoms with E-state index in [9.17, 15) is 8.42 Å². The lowest BCUT2D eigenvalue weighted by atomic mass is 9.87. The number of nitrogens with zero attached hydrogens (tertiary/aromatic N) is 2. The van der Waals surface area contributed by atoms with Gasteiger partial charge in [-0.3, -0.25) is 0 Å². The minimum atomic E-state index is -3.65. The highest BCUT2D eigenvalue weighted by atomic mass is 127. The molecule has 1 saturated heterocycles. The number of nitrogens with two attached hydrogens (primary N) is 1. The third-order valence-electron chi connectivity index (χ3n) is 5.31. The molecule has 158 valence electrons. The summed E-state index contributed by atoms with van der Waals surface area (Å²) in [5.41, 5.74) is 0.969. The molecular weight excluding hydrogens is 507 g/mol. The summed E-state index contributed by atoms with van der Waals surface area (Å²) in [7, 11) is -3.65. The van der Waals surface area contributed by atoms with Gasteiger partial charge in [0, 0.05) is 30.1 Å². The van der Waals surface area contributed by atoms with Crippen molar-refractivity contribution < 1.29 is 8.42 Å². The van der Waals surface area contributed by atoms with Crippen LogP contribution in [0.25, 0.3) is 0 Å². The van der Waals surface area contributed by atoms with Crippen molar-refractivity contribution >= 4 is 51.7 Å². The van der Waals surface area contributed by atoms with Crippen LogP contribution in [0.1, 0.15) is 44.6 Å². The van der Waals surface area contributed by atoms with E-state index in [1.54, 1.807) is 24.3 Å². The Morgan fingerprint density at radius 1 is 1.25 bits per heavy atom. The lowest BCUT2D eigenvalue weighted by Gasteiger charge is -2.45. The third-order valence-corrected chi connectivity index (χ3v) is 7.78. The Labute approximate surface area is 190 Å². The molecule has 3 rings (SSSR count). The molecule has 1 saturated carbocycles. The van der Waals surface area contributed by atoms with E-state index in [0.717, 1.165) is 36.9 Å². The molecule has 9 heteroatoms. The van der Waals surface area contributed by atoms with Gasteiger partial charge < -0.3 is 10.2 Å². The van der Waals surface area contributed by atoms with E-state index >= 15 is 0 Å². The first kappa shape index (κ1) is 23.8. The van der Waals surface area contributed by atoms with E-state index in [1.807, 2.05) is 0 Å². The molecule has 2 aliphatic rings. The third kappa shape index (κ3) is 6.24. The largest absolute Gasteiger partial charge is 0.357 e. The molecule has 0 unspecified atom stereocenters. The van der Waals surface area contributed by atoms with Crippen LogP contribution in [-0.4, -0.2) is 49.4 Å². The summed E-state index contributed by atoms with van der Waals surface area (Å²) < 4.78 is 23.2. The highest BCUT2D eigenvalue weighted by molar-refractivity contribution is 14.0. The highest BCUT2D eigenvalue weighted by Crippen LogP contribution is 2.42. The van der Waals surface area contributed by atoms with Crippen LogP contribution in [0.3, 0.4) is 0 Å². The van der Waals surface area contributed by atoms with Crippen LogP contribution in [0.15, 0.2) is 34.2 Å². The van der Waals surface area contributed by atoms with Crippen LogP contribution in [0, 0.1) is 0 Å². The second-order valence-electron chi connectivity index (χ2n) is 7.37. The van der Waals surface area contributed by atoms with Gasteiger partial charge in [0.1, 0.15) is 0 Å². The summed E-state index contributed by atoms with van der Waals surface area (Å²) >= 11 is 2.15. The van der Waals surface area contributed by atoms with Crippen LogP contribution < -0.4 is 10.5 Å². The van der Waals surface area contributed by atoms with Gasteiger partial charge in [0.05, 0.1) is 11.4 Å². The number of guanidine groups is 1. The first-order valence-electron chi connectivity index (χ1n) is 9.71. The quantitative estimate of drug-likeness (QED) is 0.350. The molecule has 0 aromatic heterocycles. The number of hydrogen-bond donors (Lipinski definition) is 2. The highest BCUT2D eigenvalue weighted by Gasteiger charge is 2.38. The number of benzene rings is 1. The van der Waals surface area contributed by atoms with Crippen molar-refractivity contribution in [1.29, 1.82) is 0 Å². The van der Waals surface area contributed by atoms with Crippen molar-refractivity contribution in [3.8, 4) is 0 Å². The summed E-state index contributed by atoms with van der Waals surface area (Å²) in [5.74, 6) is 2.10. The zero-order valence-corrected chi connectivity index (χ0v) is 20.4.